The SMILES string of the molecule is COCCCOc1cc([C@@H](C)N(C(=O)[C@H]2CCCCO2)C2CC2)cc2c1cnn2C. The topological polar surface area (TPSA) is 65.8 Å². The molecule has 0 N–H and O–H groups in total. The molecule has 30 heavy (non-hydrogen) atoms. The molecular formula is C23H33N3O4. The van der Waals surface area contributed by atoms with Crippen LogP contribution in [0.4, 0.5) is 0 Å². The normalized spacial score (nSPS) is 20.3. The summed E-state index contributed by atoms with van der Waals surface area (Å²) in [6.07, 6.45) is 7.43. The molecule has 1 aliphatic carbocycles. The number of methoxy groups -OCH3 is 1. The summed E-state index contributed by atoms with van der Waals surface area (Å²) in [6, 6.07) is 4.48. The van der Waals surface area contributed by atoms with Crippen molar-refractivity contribution in [2.75, 3.05) is 26.9 Å². The van der Waals surface area contributed by atoms with Crippen molar-refractivity contribution >= 4 is 16.8 Å². The molecule has 1 aromatic heterocycles. The molecule has 0 bridgehead atoms. The fraction of sp³-hybridized carbons (Fsp3) is 0.652. The predicted octanol–water partition coefficient (Wildman–Crippen LogP) is 3.61. The number of fused-ring (bicyclic) bond motifs is 1. The van der Waals surface area contributed by atoms with Crippen molar-refractivity contribution < 1.29 is 19.0 Å². The van der Waals surface area contributed by atoms with Crippen LogP contribution in [0.15, 0.2) is 18.3 Å². The van der Waals surface area contributed by atoms with E-state index in [1.807, 2.05) is 17.9 Å². The Kier molecular flexibility index (Phi) is 6.58. The summed E-state index contributed by atoms with van der Waals surface area (Å²) in [6.45, 7) is 4.05. The van der Waals surface area contributed by atoms with E-state index in [9.17, 15) is 4.79 Å². The lowest BCUT2D eigenvalue weighted by molar-refractivity contribution is -0.149. The number of rotatable bonds is 9. The van der Waals surface area contributed by atoms with Gasteiger partial charge in [-0.3, -0.25) is 9.48 Å². The van der Waals surface area contributed by atoms with Crippen molar-refractivity contribution in [2.45, 2.75) is 63.6 Å². The van der Waals surface area contributed by atoms with Gasteiger partial charge in [-0.25, -0.2) is 0 Å². The molecule has 2 heterocycles. The van der Waals surface area contributed by atoms with E-state index >= 15 is 0 Å². The Morgan fingerprint density at radius 3 is 2.83 bits per heavy atom. The second kappa shape index (κ2) is 9.35. The number of carbonyl (C=O) groups excluding carboxylic acids is 1. The fourth-order valence-corrected chi connectivity index (χ4v) is 4.28. The molecule has 2 aliphatic rings. The van der Waals surface area contributed by atoms with Crippen LogP contribution in [0.1, 0.15) is 57.1 Å². The van der Waals surface area contributed by atoms with Gasteiger partial charge in [-0.15, -0.1) is 0 Å². The highest BCUT2D eigenvalue weighted by Crippen LogP contribution is 2.38. The van der Waals surface area contributed by atoms with Gasteiger partial charge in [0.1, 0.15) is 11.9 Å². The monoisotopic (exact) mass is 415 g/mol. The summed E-state index contributed by atoms with van der Waals surface area (Å²) in [5.41, 5.74) is 2.09. The Hall–Kier alpha value is -2.12. The van der Waals surface area contributed by atoms with Gasteiger partial charge in [0.2, 0.25) is 0 Å². The molecule has 1 saturated heterocycles. The van der Waals surface area contributed by atoms with E-state index < -0.39 is 0 Å². The van der Waals surface area contributed by atoms with Crippen LogP contribution in [-0.2, 0) is 21.3 Å². The third-order valence-corrected chi connectivity index (χ3v) is 6.15. The second-order valence-corrected chi connectivity index (χ2v) is 8.42. The van der Waals surface area contributed by atoms with Crippen LogP contribution in [-0.4, -0.2) is 59.7 Å². The first-order valence-electron chi connectivity index (χ1n) is 11.1. The number of hydrogen-bond acceptors (Lipinski definition) is 5. The Bertz CT molecular complexity index is 871. The van der Waals surface area contributed by atoms with Crippen LogP contribution in [0, 0.1) is 0 Å². The number of aryl methyl sites for hydroxylation is 1. The summed E-state index contributed by atoms with van der Waals surface area (Å²) in [5.74, 6) is 0.952. The quantitative estimate of drug-likeness (QED) is 0.586. The number of hydrogen-bond donors (Lipinski definition) is 0. The van der Waals surface area contributed by atoms with Gasteiger partial charge in [0.25, 0.3) is 5.91 Å². The molecule has 164 valence electrons. The van der Waals surface area contributed by atoms with Crippen molar-refractivity contribution in [3.05, 3.63) is 23.9 Å². The third kappa shape index (κ3) is 4.47. The van der Waals surface area contributed by atoms with E-state index in [-0.39, 0.29) is 18.1 Å². The average Bonchev–Trinajstić information content (AvgIpc) is 3.53. The average molecular weight is 416 g/mol. The predicted molar refractivity (Wildman–Crippen MR) is 115 cm³/mol. The number of ether oxygens (including phenoxy) is 3. The molecule has 2 atom stereocenters. The van der Waals surface area contributed by atoms with Gasteiger partial charge in [0, 0.05) is 39.8 Å². The van der Waals surface area contributed by atoms with Crippen molar-refractivity contribution in [1.29, 1.82) is 0 Å². The lowest BCUT2D eigenvalue weighted by Crippen LogP contribution is -2.44. The molecule has 1 saturated carbocycles. The van der Waals surface area contributed by atoms with Crippen molar-refractivity contribution in [2.24, 2.45) is 7.05 Å². The zero-order valence-corrected chi connectivity index (χ0v) is 18.3. The third-order valence-electron chi connectivity index (χ3n) is 6.15. The molecule has 4 rings (SSSR count). The van der Waals surface area contributed by atoms with Gasteiger partial charge in [-0.1, -0.05) is 0 Å². The van der Waals surface area contributed by atoms with Crippen LogP contribution >= 0.6 is 0 Å². The largest absolute Gasteiger partial charge is 0.493 e. The molecule has 2 fully saturated rings. The fourth-order valence-electron chi connectivity index (χ4n) is 4.28. The van der Waals surface area contributed by atoms with Gasteiger partial charge in [-0.2, -0.15) is 5.10 Å². The van der Waals surface area contributed by atoms with E-state index in [2.05, 4.69) is 29.1 Å². The highest BCUT2D eigenvalue weighted by atomic mass is 16.5. The van der Waals surface area contributed by atoms with Gasteiger partial charge in [-0.05, 0) is 56.7 Å². The molecule has 7 nitrogen and oxygen atoms in total. The number of amides is 1. The minimum atomic E-state index is -0.299. The number of nitrogens with zero attached hydrogens (tertiary/aromatic N) is 3. The van der Waals surface area contributed by atoms with Gasteiger partial charge in [0.05, 0.1) is 29.7 Å². The summed E-state index contributed by atoms with van der Waals surface area (Å²) < 4.78 is 18.9. The Balaban J connectivity index is 1.61. The molecule has 1 aromatic carbocycles. The van der Waals surface area contributed by atoms with Crippen LogP contribution in [0.3, 0.4) is 0 Å². The van der Waals surface area contributed by atoms with Gasteiger partial charge in [0.15, 0.2) is 0 Å². The summed E-state index contributed by atoms with van der Waals surface area (Å²) in [4.78, 5) is 15.4. The summed E-state index contributed by atoms with van der Waals surface area (Å²) >= 11 is 0. The highest BCUT2D eigenvalue weighted by Gasteiger charge is 2.40. The number of carbonyl (C=O) groups is 1. The lowest BCUT2D eigenvalue weighted by Gasteiger charge is -2.34. The minimum absolute atomic E-state index is 0.0452. The number of aromatic nitrogens is 2. The zero-order chi connectivity index (χ0) is 21.1. The highest BCUT2D eigenvalue weighted by molar-refractivity contribution is 5.87. The molecule has 1 amide bonds. The van der Waals surface area contributed by atoms with Crippen molar-refractivity contribution in [1.82, 2.24) is 14.7 Å². The molecular weight excluding hydrogens is 382 g/mol. The Morgan fingerprint density at radius 1 is 1.30 bits per heavy atom. The maximum Gasteiger partial charge on any atom is 0.252 e. The molecule has 1 aliphatic heterocycles. The van der Waals surface area contributed by atoms with Gasteiger partial charge >= 0.3 is 0 Å². The minimum Gasteiger partial charge on any atom is -0.493 e. The van der Waals surface area contributed by atoms with Crippen LogP contribution < -0.4 is 4.74 Å². The maximum atomic E-state index is 13.3. The smallest absolute Gasteiger partial charge is 0.252 e. The molecule has 7 heteroatoms. The first kappa shape index (κ1) is 21.1. The molecule has 0 unspecified atom stereocenters. The standard InChI is InChI=1S/C23H33N3O4/c1-16(26(18-8-9-18)23(27)21-7-4-5-11-29-21)17-13-20-19(15-24-25(20)2)22(14-17)30-12-6-10-28-3/h13-16,18,21H,4-12H2,1-3H3/t16-,21-/m1/s1. The van der Waals surface area contributed by atoms with Gasteiger partial charge < -0.3 is 19.1 Å². The van der Waals surface area contributed by atoms with Crippen molar-refractivity contribution in [3.8, 4) is 5.75 Å². The van der Waals surface area contributed by atoms with Crippen LogP contribution in [0.5, 0.6) is 5.75 Å². The Labute approximate surface area is 178 Å². The molecule has 0 spiro atoms. The lowest BCUT2D eigenvalue weighted by atomic mass is 10.0. The molecule has 0 radical (unpaired) electrons. The van der Waals surface area contributed by atoms with E-state index in [1.165, 1.54) is 0 Å². The molecule has 2 aromatic rings. The van der Waals surface area contributed by atoms with Crippen molar-refractivity contribution in [3.63, 3.8) is 0 Å². The van der Waals surface area contributed by atoms with Crippen LogP contribution in [0.2, 0.25) is 0 Å². The summed E-state index contributed by atoms with van der Waals surface area (Å²) in [5, 5.41) is 5.41. The van der Waals surface area contributed by atoms with E-state index in [1.54, 1.807) is 7.11 Å². The number of benzene rings is 1. The van der Waals surface area contributed by atoms with E-state index in [0.717, 1.165) is 60.7 Å². The van der Waals surface area contributed by atoms with Crippen LogP contribution in [0.25, 0.3) is 10.9 Å². The first-order chi connectivity index (χ1) is 14.6. The zero-order valence-electron chi connectivity index (χ0n) is 18.3. The van der Waals surface area contributed by atoms with E-state index in [0.29, 0.717) is 25.9 Å². The summed E-state index contributed by atoms with van der Waals surface area (Å²) in [7, 11) is 3.63. The Morgan fingerprint density at radius 2 is 2.13 bits per heavy atom. The van der Waals surface area contributed by atoms with E-state index in [4.69, 9.17) is 14.2 Å². The maximum absolute atomic E-state index is 13.3. The first-order valence-corrected chi connectivity index (χ1v) is 11.1. The second-order valence-electron chi connectivity index (χ2n) is 8.42.